The van der Waals surface area contributed by atoms with Gasteiger partial charge < -0.3 is 28.2 Å². The van der Waals surface area contributed by atoms with Gasteiger partial charge in [-0.15, -0.1) is 8.57 Å². The van der Waals surface area contributed by atoms with E-state index in [1.54, 1.807) is 11.0 Å². The maximum atomic E-state index is 11.6. The molecule has 0 fully saturated rings. The van der Waals surface area contributed by atoms with E-state index in [9.17, 15) is 55.8 Å². The standard InChI is InChI=1S/2C22H39NO8S.2Na/c2*1-2-3-4-5-6-7-8-9-10-11-12-13-14-15-16-17-20(24)23-31-32(28,29)30-22(27)19-18-21(25)26;;/h2*9-10H,2-8,11-19H2,1H3,(H,23,24)(H,25,26);;/q;;2*+1/p-2/b2*10-9-;;. The minimum absolute atomic E-state index is 0. The van der Waals surface area contributed by atoms with Crippen molar-refractivity contribution in [1.29, 1.82) is 0 Å². The Bertz CT molecular complexity index is 1450. The van der Waals surface area contributed by atoms with Gasteiger partial charge in [-0.1, -0.05) is 141 Å². The Labute approximate surface area is 439 Å². The number of carboxylic acids is 2. The van der Waals surface area contributed by atoms with Crippen LogP contribution in [0.1, 0.15) is 219 Å². The van der Waals surface area contributed by atoms with Gasteiger partial charge in [0.05, 0.1) is 12.8 Å². The molecule has 2 amide bonds. The second kappa shape index (κ2) is 49.5. The van der Waals surface area contributed by atoms with Gasteiger partial charge in [-0.2, -0.15) is 16.8 Å². The molecule has 18 nitrogen and oxygen atoms in total. The fraction of sp³-hybridized carbons (Fsp3) is 0.773. The third-order valence-corrected chi connectivity index (χ3v) is 10.7. The van der Waals surface area contributed by atoms with Gasteiger partial charge in [0, 0.05) is 24.8 Å². The van der Waals surface area contributed by atoms with E-state index in [1.807, 2.05) is 0 Å². The van der Waals surface area contributed by atoms with Crippen LogP contribution in [0.4, 0.5) is 0 Å². The van der Waals surface area contributed by atoms with E-state index in [2.05, 4.69) is 55.1 Å². The summed E-state index contributed by atoms with van der Waals surface area (Å²) in [5.74, 6) is -6.99. The minimum Gasteiger partial charge on any atom is -0.550 e. The molecule has 0 unspecified atom stereocenters. The molecule has 0 saturated carbocycles. The van der Waals surface area contributed by atoms with Crippen molar-refractivity contribution in [1.82, 2.24) is 11.0 Å². The fourth-order valence-electron chi connectivity index (χ4n) is 5.76. The van der Waals surface area contributed by atoms with Gasteiger partial charge in [-0.3, -0.25) is 19.2 Å². The molecule has 0 saturated heterocycles. The van der Waals surface area contributed by atoms with Crippen molar-refractivity contribution in [3.05, 3.63) is 24.3 Å². The van der Waals surface area contributed by atoms with Crippen molar-refractivity contribution in [2.24, 2.45) is 0 Å². The number of aliphatic carboxylic acids is 2. The zero-order chi connectivity index (χ0) is 48.2. The molecule has 0 atom stereocenters. The van der Waals surface area contributed by atoms with Gasteiger partial charge in [0.2, 0.25) is 11.8 Å². The van der Waals surface area contributed by atoms with E-state index in [1.165, 1.54) is 77.0 Å². The number of unbranched alkanes of at least 4 members (excludes halogenated alkanes) is 22. The zero-order valence-electron chi connectivity index (χ0n) is 40.3. The predicted molar refractivity (Wildman–Crippen MR) is 236 cm³/mol. The first-order valence-corrected chi connectivity index (χ1v) is 25.8. The van der Waals surface area contributed by atoms with Crippen LogP contribution in [0, 0.1) is 0 Å². The maximum absolute atomic E-state index is 11.6. The minimum atomic E-state index is -4.78. The number of hydrogen-bond donors (Lipinski definition) is 2. The molecule has 0 aromatic heterocycles. The van der Waals surface area contributed by atoms with E-state index < -0.39 is 82.2 Å². The Hall–Kier alpha value is -1.88. The van der Waals surface area contributed by atoms with Crippen LogP contribution in [-0.2, 0) is 66.5 Å². The second-order valence-corrected chi connectivity index (χ2v) is 17.7. The SMILES string of the molecule is CCCCCCCC/C=C\CCCCCCCC(=O)NOS(=O)(=O)OC(=O)CCC(=O)[O-].CCCCCCCC/C=C\CCCCCCCC(=O)NOS(=O)(=O)OC(=O)CCC(=O)[O-].[Na+].[Na+]. The largest absolute Gasteiger partial charge is 1.00 e. The van der Waals surface area contributed by atoms with Crippen molar-refractivity contribution in [3.63, 3.8) is 0 Å². The molecular formula is C44H76N2Na2O16S2. The fourth-order valence-corrected chi connectivity index (χ4v) is 6.84. The van der Waals surface area contributed by atoms with Crippen LogP contribution in [-0.4, -0.2) is 52.5 Å². The van der Waals surface area contributed by atoms with Crippen molar-refractivity contribution >= 4 is 56.5 Å². The van der Waals surface area contributed by atoms with E-state index in [0.29, 0.717) is 12.8 Å². The number of hydroxylamine groups is 2. The molecule has 0 aliphatic rings. The number of hydrogen-bond acceptors (Lipinski definition) is 16. The van der Waals surface area contributed by atoms with Crippen LogP contribution in [0.5, 0.6) is 0 Å². The van der Waals surface area contributed by atoms with Crippen molar-refractivity contribution in [2.45, 2.75) is 219 Å². The summed E-state index contributed by atoms with van der Waals surface area (Å²) in [5, 5.41) is 20.4. The van der Waals surface area contributed by atoms with Crippen molar-refractivity contribution < 1.29 is 132 Å². The normalized spacial score (nSPS) is 11.2. The first kappa shape index (κ1) is 70.7. The molecule has 0 heterocycles. The van der Waals surface area contributed by atoms with Gasteiger partial charge in [0.15, 0.2) is 0 Å². The summed E-state index contributed by atoms with van der Waals surface area (Å²) < 4.78 is 61.6. The van der Waals surface area contributed by atoms with Crippen molar-refractivity contribution in [2.75, 3.05) is 0 Å². The molecule has 0 aromatic carbocycles. The van der Waals surface area contributed by atoms with Gasteiger partial charge >= 0.3 is 91.9 Å². The summed E-state index contributed by atoms with van der Waals surface area (Å²) >= 11 is 0. The molecular weight excluding hydrogens is 923 g/mol. The molecule has 0 radical (unpaired) electrons. The molecule has 0 bridgehead atoms. The van der Waals surface area contributed by atoms with E-state index >= 15 is 0 Å². The van der Waals surface area contributed by atoms with E-state index in [0.717, 1.165) is 77.0 Å². The number of carbonyl (C=O) groups is 6. The topological polar surface area (TPSA) is 278 Å². The smallest absolute Gasteiger partial charge is 0.550 e. The Morgan fingerprint density at radius 1 is 0.394 bits per heavy atom. The molecule has 66 heavy (non-hydrogen) atoms. The summed E-state index contributed by atoms with van der Waals surface area (Å²) in [7, 11) is -9.57. The average Bonchev–Trinajstić information content (AvgIpc) is 3.23. The third kappa shape index (κ3) is 56.4. The van der Waals surface area contributed by atoms with E-state index in [-0.39, 0.29) is 72.0 Å². The van der Waals surface area contributed by atoms with Gasteiger partial charge in [-0.05, 0) is 77.0 Å². The summed E-state index contributed by atoms with van der Waals surface area (Å²) in [6.07, 6.45) is 35.7. The molecule has 0 rings (SSSR count). The third-order valence-electron chi connectivity index (χ3n) is 9.30. The second-order valence-electron chi connectivity index (χ2n) is 15.4. The van der Waals surface area contributed by atoms with Crippen molar-refractivity contribution in [3.8, 4) is 0 Å². The molecule has 0 aliphatic carbocycles. The number of carboxylic acid groups (broad SMARTS) is 2. The molecule has 0 spiro atoms. The predicted octanol–water partition coefficient (Wildman–Crippen LogP) is 0.788. The number of carbonyl (C=O) groups excluding carboxylic acids is 6. The first-order valence-electron chi connectivity index (χ1n) is 23.1. The maximum Gasteiger partial charge on any atom is 1.00 e. The van der Waals surface area contributed by atoms with Crippen LogP contribution in [0.2, 0.25) is 0 Å². The molecule has 0 aliphatic heterocycles. The van der Waals surface area contributed by atoms with E-state index in [4.69, 9.17) is 0 Å². The van der Waals surface area contributed by atoms with Crippen LogP contribution < -0.4 is 80.3 Å². The van der Waals surface area contributed by atoms with Crippen LogP contribution >= 0.6 is 0 Å². The Morgan fingerprint density at radius 2 is 0.652 bits per heavy atom. The van der Waals surface area contributed by atoms with Gasteiger partial charge in [-0.25, -0.2) is 11.0 Å². The van der Waals surface area contributed by atoms with Crippen LogP contribution in [0.25, 0.3) is 0 Å². The summed E-state index contributed by atoms with van der Waals surface area (Å²) in [4.78, 5) is 65.9. The quantitative estimate of drug-likeness (QED) is 0.0370. The summed E-state index contributed by atoms with van der Waals surface area (Å²) in [6.45, 7) is 4.45. The summed E-state index contributed by atoms with van der Waals surface area (Å²) in [5.41, 5.74) is 3.40. The Kier molecular flexibility index (Phi) is 53.1. The number of allylic oxidation sites excluding steroid dienone is 4. The monoisotopic (exact) mass is 998 g/mol. The van der Waals surface area contributed by atoms with Crippen LogP contribution in [0.15, 0.2) is 24.3 Å². The van der Waals surface area contributed by atoms with Gasteiger partial charge in [0.25, 0.3) is 0 Å². The summed E-state index contributed by atoms with van der Waals surface area (Å²) in [6, 6.07) is 0. The van der Waals surface area contributed by atoms with Crippen LogP contribution in [0.3, 0.4) is 0 Å². The number of rotatable bonds is 42. The van der Waals surface area contributed by atoms with Gasteiger partial charge in [0.1, 0.15) is 0 Å². The average molecular weight is 999 g/mol. The zero-order valence-corrected chi connectivity index (χ0v) is 45.9. The number of nitrogens with one attached hydrogen (secondary N) is 2. The molecule has 372 valence electrons. The molecule has 22 heteroatoms. The Morgan fingerprint density at radius 3 is 0.924 bits per heavy atom. The molecule has 2 N–H and O–H groups in total. The first-order chi connectivity index (χ1) is 30.5. The Balaban J connectivity index is -0.000000565. The molecule has 0 aromatic rings. The number of amides is 2.